The monoisotopic (exact) mass is 245 g/mol. The van der Waals surface area contributed by atoms with Gasteiger partial charge in [0.25, 0.3) is 0 Å². The van der Waals surface area contributed by atoms with Crippen LogP contribution in [0.1, 0.15) is 11.6 Å². The van der Waals surface area contributed by atoms with E-state index in [4.69, 9.17) is 16.3 Å². The number of hydrogen-bond donors (Lipinski definition) is 1. The summed E-state index contributed by atoms with van der Waals surface area (Å²) in [4.78, 5) is 0. The Morgan fingerprint density at radius 1 is 1.12 bits per heavy atom. The molecule has 1 heterocycles. The summed E-state index contributed by atoms with van der Waals surface area (Å²) in [5.74, 6) is 0.863. The van der Waals surface area contributed by atoms with Crippen molar-refractivity contribution in [2.24, 2.45) is 0 Å². The van der Waals surface area contributed by atoms with E-state index in [1.165, 1.54) is 5.56 Å². The van der Waals surface area contributed by atoms with E-state index in [9.17, 15) is 0 Å². The first-order valence-corrected chi connectivity index (χ1v) is 5.94. The van der Waals surface area contributed by atoms with Gasteiger partial charge in [-0.1, -0.05) is 41.9 Å². The molecule has 17 heavy (non-hydrogen) atoms. The van der Waals surface area contributed by atoms with Crippen LogP contribution in [-0.2, 0) is 0 Å². The molecule has 3 heteroatoms. The van der Waals surface area contributed by atoms with Crippen molar-refractivity contribution in [3.63, 3.8) is 0 Å². The minimum atomic E-state index is 0.183. The van der Waals surface area contributed by atoms with Gasteiger partial charge in [-0.25, -0.2) is 0 Å². The van der Waals surface area contributed by atoms with Crippen LogP contribution < -0.4 is 10.1 Å². The first kappa shape index (κ1) is 10.5. The highest BCUT2D eigenvalue weighted by molar-refractivity contribution is 6.30. The molecule has 0 saturated carbocycles. The maximum atomic E-state index is 5.97. The number of ether oxygens (including phenoxy) is 1. The zero-order valence-electron chi connectivity index (χ0n) is 9.19. The van der Waals surface area contributed by atoms with Crippen LogP contribution in [0.5, 0.6) is 5.75 Å². The second-order valence-electron chi connectivity index (χ2n) is 4.06. The third kappa shape index (κ3) is 2.08. The first-order valence-electron chi connectivity index (χ1n) is 5.57. The molecule has 1 aliphatic heterocycles. The fraction of sp³-hybridized carbons (Fsp3) is 0.143. The topological polar surface area (TPSA) is 21.3 Å². The second kappa shape index (κ2) is 4.30. The average Bonchev–Trinajstić information content (AvgIpc) is 2.39. The summed E-state index contributed by atoms with van der Waals surface area (Å²) in [6, 6.07) is 16.1. The van der Waals surface area contributed by atoms with Gasteiger partial charge in [-0.2, -0.15) is 0 Å². The van der Waals surface area contributed by atoms with Crippen molar-refractivity contribution in [2.75, 3.05) is 11.9 Å². The summed E-state index contributed by atoms with van der Waals surface area (Å²) in [7, 11) is 0. The lowest BCUT2D eigenvalue weighted by Gasteiger charge is -2.27. The van der Waals surface area contributed by atoms with Crippen molar-refractivity contribution < 1.29 is 4.74 Å². The summed E-state index contributed by atoms with van der Waals surface area (Å²) in [5.41, 5.74) is 2.18. The maximum Gasteiger partial charge on any atom is 0.142 e. The Kier molecular flexibility index (Phi) is 2.65. The molecular weight excluding hydrogens is 234 g/mol. The number of hydrogen-bond acceptors (Lipinski definition) is 2. The Labute approximate surface area is 105 Å². The summed E-state index contributed by atoms with van der Waals surface area (Å²) >= 11 is 5.97. The second-order valence-corrected chi connectivity index (χ2v) is 4.50. The van der Waals surface area contributed by atoms with E-state index in [0.29, 0.717) is 11.6 Å². The van der Waals surface area contributed by atoms with E-state index >= 15 is 0 Å². The molecule has 0 spiro atoms. The maximum absolute atomic E-state index is 5.97. The molecule has 2 aromatic rings. The molecule has 1 unspecified atom stereocenters. The lowest BCUT2D eigenvalue weighted by molar-refractivity contribution is 0.286. The molecule has 1 N–H and O–H groups in total. The van der Waals surface area contributed by atoms with Gasteiger partial charge in [0.05, 0.1) is 11.7 Å². The summed E-state index contributed by atoms with van der Waals surface area (Å²) < 4.78 is 5.72. The molecule has 0 aromatic heterocycles. The standard InChI is InChI=1S/C14H12ClNO/c15-11-6-7-14-12(8-11)16-13(9-17-14)10-4-2-1-3-5-10/h1-8,13,16H,9H2. The molecule has 1 aliphatic rings. The van der Waals surface area contributed by atoms with Crippen molar-refractivity contribution in [3.8, 4) is 5.75 Å². The highest BCUT2D eigenvalue weighted by Gasteiger charge is 2.19. The molecule has 0 bridgehead atoms. The van der Waals surface area contributed by atoms with Crippen molar-refractivity contribution in [1.29, 1.82) is 0 Å². The third-order valence-electron chi connectivity index (χ3n) is 2.88. The zero-order valence-corrected chi connectivity index (χ0v) is 9.95. The minimum absolute atomic E-state index is 0.183. The van der Waals surface area contributed by atoms with Gasteiger partial charge in [0, 0.05) is 5.02 Å². The largest absolute Gasteiger partial charge is 0.489 e. The minimum Gasteiger partial charge on any atom is -0.489 e. The number of fused-ring (bicyclic) bond motifs is 1. The van der Waals surface area contributed by atoms with Crippen molar-refractivity contribution in [1.82, 2.24) is 0 Å². The molecule has 2 aromatic carbocycles. The van der Waals surface area contributed by atoms with Crippen LogP contribution in [-0.4, -0.2) is 6.61 Å². The first-order chi connectivity index (χ1) is 8.33. The van der Waals surface area contributed by atoms with Crippen LogP contribution in [0.2, 0.25) is 5.02 Å². The molecule has 0 aliphatic carbocycles. The SMILES string of the molecule is Clc1ccc2c(c1)NC(c1ccccc1)CO2. The molecule has 0 saturated heterocycles. The highest BCUT2D eigenvalue weighted by atomic mass is 35.5. The fourth-order valence-electron chi connectivity index (χ4n) is 2.01. The molecule has 1 atom stereocenters. The van der Waals surface area contributed by atoms with Crippen LogP contribution in [0.15, 0.2) is 48.5 Å². The lowest BCUT2D eigenvalue weighted by Crippen LogP contribution is -2.23. The Bertz CT molecular complexity index is 527. The molecule has 0 amide bonds. The van der Waals surface area contributed by atoms with Gasteiger partial charge in [0.1, 0.15) is 12.4 Å². The summed E-state index contributed by atoms with van der Waals surface area (Å²) in [6.07, 6.45) is 0. The molecular formula is C14H12ClNO. The van der Waals surface area contributed by atoms with Crippen LogP contribution in [0.25, 0.3) is 0 Å². The average molecular weight is 246 g/mol. The molecule has 2 nitrogen and oxygen atoms in total. The number of nitrogens with one attached hydrogen (secondary N) is 1. The van der Waals surface area contributed by atoms with Crippen molar-refractivity contribution >= 4 is 17.3 Å². The molecule has 86 valence electrons. The van der Waals surface area contributed by atoms with Crippen molar-refractivity contribution in [2.45, 2.75) is 6.04 Å². The smallest absolute Gasteiger partial charge is 0.142 e. The van der Waals surface area contributed by atoms with E-state index < -0.39 is 0 Å². The zero-order chi connectivity index (χ0) is 11.7. The quantitative estimate of drug-likeness (QED) is 0.823. The summed E-state index contributed by atoms with van der Waals surface area (Å²) in [5, 5.41) is 4.16. The third-order valence-corrected chi connectivity index (χ3v) is 3.11. The Balaban J connectivity index is 1.90. The predicted molar refractivity (Wildman–Crippen MR) is 69.8 cm³/mol. The number of anilines is 1. The molecule has 0 fully saturated rings. The van der Waals surface area contributed by atoms with Gasteiger partial charge in [-0.3, -0.25) is 0 Å². The van der Waals surface area contributed by atoms with Gasteiger partial charge in [0.15, 0.2) is 0 Å². The van der Waals surface area contributed by atoms with E-state index in [1.807, 2.05) is 36.4 Å². The highest BCUT2D eigenvalue weighted by Crippen LogP contribution is 2.35. The summed E-state index contributed by atoms with van der Waals surface area (Å²) in [6.45, 7) is 0.638. The predicted octanol–water partition coefficient (Wildman–Crippen LogP) is 3.89. The normalized spacial score (nSPS) is 17.8. The fourth-order valence-corrected chi connectivity index (χ4v) is 2.18. The lowest BCUT2D eigenvalue weighted by atomic mass is 10.1. The Morgan fingerprint density at radius 3 is 2.76 bits per heavy atom. The van der Waals surface area contributed by atoms with Crippen LogP contribution in [0.4, 0.5) is 5.69 Å². The Hall–Kier alpha value is -1.67. The molecule has 3 rings (SSSR count). The van der Waals surface area contributed by atoms with Crippen molar-refractivity contribution in [3.05, 3.63) is 59.1 Å². The van der Waals surface area contributed by atoms with E-state index in [1.54, 1.807) is 0 Å². The van der Waals surface area contributed by atoms with E-state index in [0.717, 1.165) is 11.4 Å². The Morgan fingerprint density at radius 2 is 1.94 bits per heavy atom. The van der Waals surface area contributed by atoms with Gasteiger partial charge in [-0.15, -0.1) is 0 Å². The van der Waals surface area contributed by atoms with Crippen LogP contribution in [0.3, 0.4) is 0 Å². The number of rotatable bonds is 1. The number of halogens is 1. The van der Waals surface area contributed by atoms with E-state index in [-0.39, 0.29) is 6.04 Å². The number of benzene rings is 2. The van der Waals surface area contributed by atoms with Gasteiger partial charge < -0.3 is 10.1 Å². The van der Waals surface area contributed by atoms with Gasteiger partial charge >= 0.3 is 0 Å². The molecule has 0 radical (unpaired) electrons. The van der Waals surface area contributed by atoms with E-state index in [2.05, 4.69) is 17.4 Å². The van der Waals surface area contributed by atoms with Gasteiger partial charge in [-0.05, 0) is 23.8 Å². The van der Waals surface area contributed by atoms with Crippen LogP contribution in [0, 0.1) is 0 Å². The van der Waals surface area contributed by atoms with Gasteiger partial charge in [0.2, 0.25) is 0 Å². The van der Waals surface area contributed by atoms with Crippen LogP contribution >= 0.6 is 11.6 Å².